The molecule has 1 aliphatic rings. The molecule has 1 atom stereocenters. The molecule has 1 aromatic carbocycles. The Bertz CT molecular complexity index is 370. The van der Waals surface area contributed by atoms with Gasteiger partial charge in [-0.15, -0.1) is 0 Å². The van der Waals surface area contributed by atoms with Crippen molar-refractivity contribution in [3.05, 3.63) is 34.9 Å². The lowest BCUT2D eigenvalue weighted by Gasteiger charge is -2.23. The van der Waals surface area contributed by atoms with Gasteiger partial charge in [-0.2, -0.15) is 0 Å². The van der Waals surface area contributed by atoms with E-state index in [0.29, 0.717) is 5.92 Å². The minimum Gasteiger partial charge on any atom is -0.316 e. The summed E-state index contributed by atoms with van der Waals surface area (Å²) in [5.74, 6) is 0.593. The molecular formula is C14H19F2N. The lowest BCUT2D eigenvalue weighted by Crippen LogP contribution is -2.31. The van der Waals surface area contributed by atoms with Crippen LogP contribution < -0.4 is 5.32 Å². The van der Waals surface area contributed by atoms with Gasteiger partial charge in [-0.25, -0.2) is 8.78 Å². The molecular weight excluding hydrogens is 220 g/mol. The summed E-state index contributed by atoms with van der Waals surface area (Å²) in [5.41, 5.74) is 2.35. The molecule has 1 fully saturated rings. The van der Waals surface area contributed by atoms with Crippen LogP contribution in [-0.4, -0.2) is 13.1 Å². The van der Waals surface area contributed by atoms with Crippen molar-refractivity contribution in [1.29, 1.82) is 0 Å². The summed E-state index contributed by atoms with van der Waals surface area (Å²) < 4.78 is 25.3. The number of nitrogens with one attached hydrogen (secondary N) is 1. The molecule has 94 valence electrons. The molecule has 0 aromatic heterocycles. The highest BCUT2D eigenvalue weighted by Gasteiger charge is 2.16. The molecule has 0 aliphatic carbocycles. The molecule has 0 amide bonds. The summed E-state index contributed by atoms with van der Waals surface area (Å²) in [6.45, 7) is 4.10. The van der Waals surface area contributed by atoms with Crippen molar-refractivity contribution < 1.29 is 8.78 Å². The molecule has 1 saturated heterocycles. The molecule has 1 aromatic rings. The van der Waals surface area contributed by atoms with E-state index in [4.69, 9.17) is 0 Å². The SMILES string of the molecule is Cc1ccc(C(F)F)cc1CC1CCCNC1. The lowest BCUT2D eigenvalue weighted by atomic mass is 9.90. The zero-order valence-electron chi connectivity index (χ0n) is 10.2. The Morgan fingerprint density at radius 1 is 1.41 bits per heavy atom. The van der Waals surface area contributed by atoms with E-state index >= 15 is 0 Å². The van der Waals surface area contributed by atoms with E-state index in [9.17, 15) is 8.78 Å². The monoisotopic (exact) mass is 239 g/mol. The fourth-order valence-electron chi connectivity index (χ4n) is 2.46. The zero-order valence-corrected chi connectivity index (χ0v) is 10.2. The van der Waals surface area contributed by atoms with E-state index in [-0.39, 0.29) is 5.56 Å². The van der Waals surface area contributed by atoms with Gasteiger partial charge in [0.25, 0.3) is 6.43 Å². The molecule has 3 heteroatoms. The van der Waals surface area contributed by atoms with Gasteiger partial charge in [0, 0.05) is 5.56 Å². The maximum absolute atomic E-state index is 12.6. The van der Waals surface area contributed by atoms with E-state index in [1.165, 1.54) is 18.9 Å². The van der Waals surface area contributed by atoms with E-state index < -0.39 is 6.43 Å². The predicted molar refractivity (Wildman–Crippen MR) is 65.4 cm³/mol. The second-order valence-electron chi connectivity index (χ2n) is 4.90. The Labute approximate surface area is 101 Å². The summed E-state index contributed by atoms with van der Waals surface area (Å²) in [5, 5.41) is 3.36. The van der Waals surface area contributed by atoms with Crippen LogP contribution in [0.3, 0.4) is 0 Å². The van der Waals surface area contributed by atoms with E-state index in [0.717, 1.165) is 30.6 Å². The summed E-state index contributed by atoms with van der Waals surface area (Å²) >= 11 is 0. The second-order valence-corrected chi connectivity index (χ2v) is 4.90. The number of hydrogen-bond donors (Lipinski definition) is 1. The standard InChI is InChI=1S/C14H19F2N/c1-10-4-5-12(14(15)16)8-13(10)7-11-3-2-6-17-9-11/h4-5,8,11,14,17H,2-3,6-7,9H2,1H3. The maximum Gasteiger partial charge on any atom is 0.263 e. The van der Waals surface area contributed by atoms with Gasteiger partial charge in [-0.1, -0.05) is 12.1 Å². The lowest BCUT2D eigenvalue weighted by molar-refractivity contribution is 0.151. The van der Waals surface area contributed by atoms with Crippen molar-refractivity contribution in [1.82, 2.24) is 5.32 Å². The first-order valence-corrected chi connectivity index (χ1v) is 6.25. The smallest absolute Gasteiger partial charge is 0.263 e. The van der Waals surface area contributed by atoms with Crippen LogP contribution in [0.1, 0.15) is 36.0 Å². The first-order chi connectivity index (χ1) is 8.16. The van der Waals surface area contributed by atoms with Gasteiger partial charge in [0.1, 0.15) is 0 Å². The quantitative estimate of drug-likeness (QED) is 0.851. The topological polar surface area (TPSA) is 12.0 Å². The Hall–Kier alpha value is -0.960. The summed E-state index contributed by atoms with van der Waals surface area (Å²) in [4.78, 5) is 0. The highest BCUT2D eigenvalue weighted by molar-refractivity contribution is 5.32. The van der Waals surface area contributed by atoms with Crippen LogP contribution in [0.2, 0.25) is 0 Å². The van der Waals surface area contributed by atoms with Gasteiger partial charge in [-0.05, 0) is 62.4 Å². The molecule has 0 spiro atoms. The largest absolute Gasteiger partial charge is 0.316 e. The molecule has 0 radical (unpaired) electrons. The van der Waals surface area contributed by atoms with Gasteiger partial charge in [0.15, 0.2) is 0 Å². The van der Waals surface area contributed by atoms with Crippen LogP contribution >= 0.6 is 0 Å². The second kappa shape index (κ2) is 5.58. The molecule has 0 bridgehead atoms. The van der Waals surface area contributed by atoms with Crippen LogP contribution in [-0.2, 0) is 6.42 Å². The third kappa shape index (κ3) is 3.25. The first kappa shape index (κ1) is 12.5. The number of hydrogen-bond acceptors (Lipinski definition) is 1. The highest BCUT2D eigenvalue weighted by Crippen LogP contribution is 2.24. The minimum absolute atomic E-state index is 0.148. The van der Waals surface area contributed by atoms with Crippen LogP contribution in [0.25, 0.3) is 0 Å². The van der Waals surface area contributed by atoms with Crippen molar-refractivity contribution in [2.24, 2.45) is 5.92 Å². The van der Waals surface area contributed by atoms with Crippen molar-refractivity contribution in [2.75, 3.05) is 13.1 Å². The van der Waals surface area contributed by atoms with Gasteiger partial charge in [0.05, 0.1) is 0 Å². The van der Waals surface area contributed by atoms with Crippen molar-refractivity contribution in [2.45, 2.75) is 32.6 Å². The molecule has 1 N–H and O–H groups in total. The fraction of sp³-hybridized carbons (Fsp3) is 0.571. The summed E-state index contributed by atoms with van der Waals surface area (Å²) in [6, 6.07) is 5.02. The summed E-state index contributed by atoms with van der Waals surface area (Å²) in [7, 11) is 0. The molecule has 1 aliphatic heterocycles. The van der Waals surface area contributed by atoms with Crippen molar-refractivity contribution in [3.63, 3.8) is 0 Å². The van der Waals surface area contributed by atoms with Crippen molar-refractivity contribution >= 4 is 0 Å². The number of piperidine rings is 1. The van der Waals surface area contributed by atoms with Crippen LogP contribution in [0.5, 0.6) is 0 Å². The third-order valence-electron chi connectivity index (χ3n) is 3.53. The van der Waals surface area contributed by atoms with Crippen molar-refractivity contribution in [3.8, 4) is 0 Å². The molecule has 17 heavy (non-hydrogen) atoms. The molecule has 2 rings (SSSR count). The van der Waals surface area contributed by atoms with E-state index in [1.807, 2.05) is 13.0 Å². The predicted octanol–water partition coefficient (Wildman–Crippen LogP) is 3.47. The maximum atomic E-state index is 12.6. The van der Waals surface area contributed by atoms with E-state index in [1.54, 1.807) is 6.07 Å². The average Bonchev–Trinajstić information content (AvgIpc) is 2.33. The number of aryl methyl sites for hydroxylation is 1. The number of halogens is 2. The Kier molecular flexibility index (Phi) is 4.11. The van der Waals surface area contributed by atoms with Crippen LogP contribution in [0.4, 0.5) is 8.78 Å². The summed E-state index contributed by atoms with van der Waals surface area (Å²) in [6.07, 6.45) is 0.946. The van der Waals surface area contributed by atoms with Crippen LogP contribution in [0.15, 0.2) is 18.2 Å². The van der Waals surface area contributed by atoms with Crippen LogP contribution in [0, 0.1) is 12.8 Å². The molecule has 1 nitrogen and oxygen atoms in total. The first-order valence-electron chi connectivity index (χ1n) is 6.25. The van der Waals surface area contributed by atoms with Gasteiger partial charge < -0.3 is 5.32 Å². The molecule has 0 saturated carbocycles. The number of rotatable bonds is 3. The van der Waals surface area contributed by atoms with E-state index in [2.05, 4.69) is 5.32 Å². The van der Waals surface area contributed by atoms with Gasteiger partial charge in [-0.3, -0.25) is 0 Å². The minimum atomic E-state index is -2.36. The Morgan fingerprint density at radius 2 is 2.24 bits per heavy atom. The Morgan fingerprint density at radius 3 is 2.88 bits per heavy atom. The average molecular weight is 239 g/mol. The van der Waals surface area contributed by atoms with Gasteiger partial charge >= 0.3 is 0 Å². The number of alkyl halides is 2. The Balaban J connectivity index is 2.10. The zero-order chi connectivity index (χ0) is 12.3. The highest BCUT2D eigenvalue weighted by atomic mass is 19.3. The normalized spacial score (nSPS) is 20.8. The molecule has 1 unspecified atom stereocenters. The van der Waals surface area contributed by atoms with Gasteiger partial charge in [0.2, 0.25) is 0 Å². The third-order valence-corrected chi connectivity index (χ3v) is 3.53. The fourth-order valence-corrected chi connectivity index (χ4v) is 2.46. The molecule has 1 heterocycles. The number of benzene rings is 1.